The predicted octanol–water partition coefficient (Wildman–Crippen LogP) is 5.56. The molecule has 1 aliphatic heterocycles. The van der Waals surface area contributed by atoms with Crippen LogP contribution in [0.3, 0.4) is 0 Å². The van der Waals surface area contributed by atoms with Gasteiger partial charge >= 0.3 is 0 Å². The average molecular weight is 449 g/mol. The average Bonchev–Trinajstić information content (AvgIpc) is 2.88. The van der Waals surface area contributed by atoms with E-state index in [0.29, 0.717) is 12.3 Å². The van der Waals surface area contributed by atoms with Gasteiger partial charge in [-0.1, -0.05) is 37.5 Å². The number of carbonyl (C=O) groups excluding carboxylic acids is 2. The van der Waals surface area contributed by atoms with E-state index >= 15 is 0 Å². The van der Waals surface area contributed by atoms with Gasteiger partial charge in [-0.3, -0.25) is 14.5 Å². The highest BCUT2D eigenvalue weighted by Crippen LogP contribution is 2.26. The number of carbonyl (C=O) groups is 2. The smallest absolute Gasteiger partial charge is 0.225 e. The number of piperazine rings is 1. The number of ether oxygens (including phenoxy) is 1. The molecule has 0 radical (unpaired) electrons. The van der Waals surface area contributed by atoms with Crippen LogP contribution in [0.15, 0.2) is 54.6 Å². The lowest BCUT2D eigenvalue weighted by Crippen LogP contribution is -2.50. The predicted molar refractivity (Wildman–Crippen MR) is 131 cm³/mol. The topological polar surface area (TPSA) is 49.9 Å². The third kappa shape index (κ3) is 6.91. The van der Waals surface area contributed by atoms with Crippen molar-refractivity contribution in [2.24, 2.45) is 5.92 Å². The molecule has 0 aromatic heterocycles. The van der Waals surface area contributed by atoms with Crippen LogP contribution in [0.25, 0.3) is 0 Å². The lowest BCUT2D eigenvalue weighted by atomic mass is 9.88. The largest absolute Gasteiger partial charge is 0.457 e. The quantitative estimate of drug-likeness (QED) is 0.372. The van der Waals surface area contributed by atoms with Crippen LogP contribution in [-0.2, 0) is 4.79 Å². The van der Waals surface area contributed by atoms with Crippen LogP contribution >= 0.6 is 0 Å². The maximum absolute atomic E-state index is 12.7. The first-order valence-electron chi connectivity index (χ1n) is 12.6. The molecule has 5 nitrogen and oxygen atoms in total. The Labute approximate surface area is 197 Å². The Morgan fingerprint density at radius 2 is 1.45 bits per heavy atom. The van der Waals surface area contributed by atoms with Crippen molar-refractivity contribution in [3.05, 3.63) is 60.2 Å². The molecule has 0 unspecified atom stereocenters. The molecule has 0 atom stereocenters. The van der Waals surface area contributed by atoms with E-state index in [9.17, 15) is 9.59 Å². The van der Waals surface area contributed by atoms with Crippen LogP contribution in [0, 0.1) is 5.92 Å². The molecule has 33 heavy (non-hydrogen) atoms. The number of nitrogens with zero attached hydrogens (tertiary/aromatic N) is 2. The lowest BCUT2D eigenvalue weighted by Gasteiger charge is -2.37. The second-order valence-electron chi connectivity index (χ2n) is 9.32. The monoisotopic (exact) mass is 448 g/mol. The van der Waals surface area contributed by atoms with E-state index in [0.717, 1.165) is 75.5 Å². The number of hydrogen-bond donors (Lipinski definition) is 0. The fourth-order valence-electron chi connectivity index (χ4n) is 4.90. The first-order chi connectivity index (χ1) is 16.2. The minimum atomic E-state index is 0.184. The molecule has 1 heterocycles. The molecule has 1 saturated heterocycles. The number of rotatable bonds is 9. The van der Waals surface area contributed by atoms with Crippen molar-refractivity contribution in [2.75, 3.05) is 32.7 Å². The highest BCUT2D eigenvalue weighted by molar-refractivity contribution is 5.96. The second kappa shape index (κ2) is 12.0. The van der Waals surface area contributed by atoms with Gasteiger partial charge in [-0.15, -0.1) is 0 Å². The summed E-state index contributed by atoms with van der Waals surface area (Å²) in [6, 6.07) is 17.1. The Morgan fingerprint density at radius 1 is 0.788 bits per heavy atom. The molecule has 1 aliphatic carbocycles. The van der Waals surface area contributed by atoms with E-state index in [1.807, 2.05) is 54.6 Å². The van der Waals surface area contributed by atoms with Gasteiger partial charge in [-0.05, 0) is 68.6 Å². The number of unbranched alkanes of at least 4 members (excludes halogenated alkanes) is 1. The summed E-state index contributed by atoms with van der Waals surface area (Å²) < 4.78 is 5.79. The van der Waals surface area contributed by atoms with E-state index in [4.69, 9.17) is 4.74 Å². The first-order valence-corrected chi connectivity index (χ1v) is 12.6. The number of hydrogen-bond acceptors (Lipinski definition) is 4. The van der Waals surface area contributed by atoms with Crippen LogP contribution in [0.1, 0.15) is 61.7 Å². The fourth-order valence-corrected chi connectivity index (χ4v) is 4.90. The van der Waals surface area contributed by atoms with E-state index < -0.39 is 0 Å². The van der Waals surface area contributed by atoms with Crippen molar-refractivity contribution < 1.29 is 14.3 Å². The standard InChI is InChI=1S/C28H36N2O3/c31-27(23-14-16-26(17-15-23)33-25-11-5-2-6-12-25)13-7-8-18-29-19-21-30(22-20-29)28(32)24-9-3-1-4-10-24/h2,5-6,11-12,14-17,24H,1,3-4,7-10,13,18-22H2. The Balaban J connectivity index is 1.12. The summed E-state index contributed by atoms with van der Waals surface area (Å²) in [6.07, 6.45) is 8.33. The molecule has 2 aromatic carbocycles. The van der Waals surface area contributed by atoms with Gasteiger partial charge in [0.25, 0.3) is 0 Å². The van der Waals surface area contributed by atoms with Crippen LogP contribution in [0.4, 0.5) is 0 Å². The van der Waals surface area contributed by atoms with E-state index in [1.54, 1.807) is 0 Å². The maximum Gasteiger partial charge on any atom is 0.225 e. The van der Waals surface area contributed by atoms with Gasteiger partial charge in [0.1, 0.15) is 11.5 Å². The second-order valence-corrected chi connectivity index (χ2v) is 9.32. The summed E-state index contributed by atoms with van der Waals surface area (Å²) in [5.74, 6) is 2.37. The molecule has 1 amide bonds. The first kappa shape index (κ1) is 23.5. The molecule has 0 bridgehead atoms. The zero-order valence-corrected chi connectivity index (χ0v) is 19.6. The summed E-state index contributed by atoms with van der Waals surface area (Å²) in [7, 11) is 0. The highest BCUT2D eigenvalue weighted by Gasteiger charge is 2.28. The zero-order chi connectivity index (χ0) is 22.9. The Bertz CT molecular complexity index is 883. The van der Waals surface area contributed by atoms with Crippen molar-refractivity contribution in [3.63, 3.8) is 0 Å². The van der Waals surface area contributed by atoms with Gasteiger partial charge in [-0.2, -0.15) is 0 Å². The molecular formula is C28H36N2O3. The Hall–Kier alpha value is -2.66. The molecular weight excluding hydrogens is 412 g/mol. The molecule has 1 saturated carbocycles. The normalized spacial score (nSPS) is 17.6. The van der Waals surface area contributed by atoms with E-state index in [2.05, 4.69) is 9.80 Å². The summed E-state index contributed by atoms with van der Waals surface area (Å²) in [5, 5.41) is 0. The van der Waals surface area contributed by atoms with Crippen LogP contribution < -0.4 is 4.74 Å². The van der Waals surface area contributed by atoms with Gasteiger partial charge < -0.3 is 9.64 Å². The highest BCUT2D eigenvalue weighted by atomic mass is 16.5. The van der Waals surface area contributed by atoms with Crippen LogP contribution in [-0.4, -0.2) is 54.2 Å². The molecule has 5 heteroatoms. The Kier molecular flexibility index (Phi) is 8.53. The Morgan fingerprint density at radius 3 is 2.15 bits per heavy atom. The van der Waals surface area contributed by atoms with Gasteiger partial charge in [-0.25, -0.2) is 0 Å². The molecule has 2 fully saturated rings. The van der Waals surface area contributed by atoms with Crippen molar-refractivity contribution >= 4 is 11.7 Å². The minimum Gasteiger partial charge on any atom is -0.457 e. The number of ketones is 1. The van der Waals surface area contributed by atoms with E-state index in [-0.39, 0.29) is 11.7 Å². The van der Waals surface area contributed by atoms with Crippen molar-refractivity contribution in [2.45, 2.75) is 51.4 Å². The van der Waals surface area contributed by atoms with E-state index in [1.165, 1.54) is 19.3 Å². The minimum absolute atomic E-state index is 0.184. The van der Waals surface area contributed by atoms with Crippen LogP contribution in [0.5, 0.6) is 11.5 Å². The van der Waals surface area contributed by atoms with Crippen LogP contribution in [0.2, 0.25) is 0 Å². The molecule has 2 aliphatic rings. The van der Waals surface area contributed by atoms with Gasteiger partial charge in [0.2, 0.25) is 5.91 Å². The third-order valence-electron chi connectivity index (χ3n) is 6.92. The SMILES string of the molecule is O=C(CCCCN1CCN(C(=O)C2CCCCC2)CC1)c1ccc(Oc2ccccc2)cc1. The number of amides is 1. The van der Waals surface area contributed by atoms with Crippen molar-refractivity contribution in [1.82, 2.24) is 9.80 Å². The fraction of sp³-hybridized carbons (Fsp3) is 0.500. The van der Waals surface area contributed by atoms with Crippen molar-refractivity contribution in [1.29, 1.82) is 0 Å². The lowest BCUT2D eigenvalue weighted by molar-refractivity contribution is -0.138. The summed E-state index contributed by atoms with van der Waals surface area (Å²) in [6.45, 7) is 4.62. The summed E-state index contributed by atoms with van der Waals surface area (Å²) in [4.78, 5) is 29.8. The van der Waals surface area contributed by atoms with Gasteiger partial charge in [0.05, 0.1) is 0 Å². The van der Waals surface area contributed by atoms with Gasteiger partial charge in [0.15, 0.2) is 5.78 Å². The molecule has 176 valence electrons. The molecule has 0 spiro atoms. The number of para-hydroxylation sites is 1. The summed E-state index contributed by atoms with van der Waals surface area (Å²) in [5.41, 5.74) is 0.741. The number of Topliss-reactive ketones (excluding diaryl/α,β-unsaturated/α-hetero) is 1. The third-order valence-corrected chi connectivity index (χ3v) is 6.92. The molecule has 4 rings (SSSR count). The van der Waals surface area contributed by atoms with Gasteiger partial charge in [0, 0.05) is 44.1 Å². The zero-order valence-electron chi connectivity index (χ0n) is 19.6. The maximum atomic E-state index is 12.7. The molecule has 2 aromatic rings. The number of benzene rings is 2. The van der Waals surface area contributed by atoms with Crippen molar-refractivity contribution in [3.8, 4) is 11.5 Å². The molecule has 0 N–H and O–H groups in total. The summed E-state index contributed by atoms with van der Waals surface area (Å²) >= 11 is 0.